The number of carboxylic acids is 1. The fourth-order valence-corrected chi connectivity index (χ4v) is 2.90. The third kappa shape index (κ3) is 3.58. The van der Waals surface area contributed by atoms with E-state index in [0.717, 1.165) is 4.47 Å². The number of benzene rings is 1. The van der Waals surface area contributed by atoms with Gasteiger partial charge in [-0.05, 0) is 18.2 Å². The molecule has 0 aliphatic rings. The van der Waals surface area contributed by atoms with Crippen LogP contribution in [0.15, 0.2) is 27.6 Å². The number of hydrogen-bond donors (Lipinski definition) is 3. The maximum Gasteiger partial charge on any atom is 0.336 e. The van der Waals surface area contributed by atoms with Gasteiger partial charge in [-0.3, -0.25) is 0 Å². The molecule has 0 unspecified atom stereocenters. The number of nitrogen functional groups attached to an aromatic ring is 2. The van der Waals surface area contributed by atoms with Gasteiger partial charge in [-0.15, -0.1) is 11.8 Å². The van der Waals surface area contributed by atoms with Crippen LogP contribution in [-0.2, 0) is 5.75 Å². The number of nitrogens with zero attached hydrogens (tertiary/aromatic N) is 3. The van der Waals surface area contributed by atoms with E-state index in [4.69, 9.17) is 16.6 Å². The zero-order valence-corrected chi connectivity index (χ0v) is 12.5. The van der Waals surface area contributed by atoms with Crippen LogP contribution in [-0.4, -0.2) is 26.0 Å². The lowest BCUT2D eigenvalue weighted by molar-refractivity contribution is 0.0693. The molecule has 1 heterocycles. The highest BCUT2D eigenvalue weighted by molar-refractivity contribution is 9.10. The van der Waals surface area contributed by atoms with Crippen LogP contribution in [0.2, 0.25) is 0 Å². The summed E-state index contributed by atoms with van der Waals surface area (Å²) in [6.07, 6.45) is 0. The first kappa shape index (κ1) is 14.5. The molecule has 7 nitrogen and oxygen atoms in total. The lowest BCUT2D eigenvalue weighted by Crippen LogP contribution is -2.06. The topological polar surface area (TPSA) is 128 Å². The first-order chi connectivity index (χ1) is 9.45. The number of carbonyl (C=O) groups is 1. The Morgan fingerprint density at radius 2 is 1.90 bits per heavy atom. The Morgan fingerprint density at radius 1 is 1.25 bits per heavy atom. The molecule has 5 N–H and O–H groups in total. The number of rotatable bonds is 4. The highest BCUT2D eigenvalue weighted by Gasteiger charge is 2.12. The van der Waals surface area contributed by atoms with Crippen molar-refractivity contribution < 1.29 is 9.90 Å². The molecule has 2 rings (SSSR count). The van der Waals surface area contributed by atoms with Crippen LogP contribution in [0.25, 0.3) is 0 Å². The van der Waals surface area contributed by atoms with Gasteiger partial charge in [-0.1, -0.05) is 15.9 Å². The van der Waals surface area contributed by atoms with E-state index in [0.29, 0.717) is 16.5 Å². The van der Waals surface area contributed by atoms with Gasteiger partial charge in [0.15, 0.2) is 0 Å². The Labute approximate surface area is 127 Å². The maximum absolute atomic E-state index is 11.1. The molecule has 0 aliphatic carbocycles. The monoisotopic (exact) mass is 355 g/mol. The van der Waals surface area contributed by atoms with E-state index in [1.54, 1.807) is 12.1 Å². The Morgan fingerprint density at radius 3 is 2.50 bits per heavy atom. The molecule has 0 atom stereocenters. The average molecular weight is 356 g/mol. The minimum absolute atomic E-state index is 0.0424. The number of halogens is 1. The Balaban J connectivity index is 2.22. The van der Waals surface area contributed by atoms with Gasteiger partial charge < -0.3 is 16.6 Å². The Hall–Kier alpha value is -1.87. The van der Waals surface area contributed by atoms with Gasteiger partial charge in [0.05, 0.1) is 11.3 Å². The van der Waals surface area contributed by atoms with Crippen LogP contribution in [0, 0.1) is 0 Å². The summed E-state index contributed by atoms with van der Waals surface area (Å²) in [5.41, 5.74) is 11.2. The molecule has 0 bridgehead atoms. The minimum Gasteiger partial charge on any atom is -0.478 e. The van der Waals surface area contributed by atoms with Crippen LogP contribution in [0.1, 0.15) is 16.2 Å². The van der Waals surface area contributed by atoms with Gasteiger partial charge in [0.2, 0.25) is 11.9 Å². The van der Waals surface area contributed by atoms with Crippen molar-refractivity contribution in [2.45, 2.75) is 10.6 Å². The summed E-state index contributed by atoms with van der Waals surface area (Å²) in [6.45, 7) is 0. The molecule has 1 aromatic heterocycles. The molecular formula is C11H10BrN5O2S. The van der Waals surface area contributed by atoms with Gasteiger partial charge in [0.25, 0.3) is 0 Å². The molecular weight excluding hydrogens is 346 g/mol. The summed E-state index contributed by atoms with van der Waals surface area (Å²) in [5, 5.41) is 9.13. The predicted octanol–water partition coefficient (Wildman–Crippen LogP) is 1.79. The summed E-state index contributed by atoms with van der Waals surface area (Å²) >= 11 is 4.59. The molecule has 0 aliphatic heterocycles. The van der Waals surface area contributed by atoms with Crippen LogP contribution >= 0.6 is 27.7 Å². The van der Waals surface area contributed by atoms with Crippen molar-refractivity contribution in [1.82, 2.24) is 15.0 Å². The van der Waals surface area contributed by atoms with Crippen molar-refractivity contribution in [2.24, 2.45) is 0 Å². The second-order valence-corrected chi connectivity index (χ2v) is 5.64. The van der Waals surface area contributed by atoms with Gasteiger partial charge in [-0.2, -0.15) is 15.0 Å². The number of carboxylic acid groups (broad SMARTS) is 1. The molecule has 0 saturated carbocycles. The zero-order chi connectivity index (χ0) is 14.7. The van der Waals surface area contributed by atoms with Crippen molar-refractivity contribution in [3.05, 3.63) is 34.1 Å². The molecule has 20 heavy (non-hydrogen) atoms. The molecule has 9 heteroatoms. The van der Waals surface area contributed by atoms with E-state index in [9.17, 15) is 4.79 Å². The third-order valence-electron chi connectivity index (χ3n) is 2.25. The number of aromatic nitrogens is 3. The number of thioether (sulfide) groups is 1. The predicted molar refractivity (Wildman–Crippen MR) is 79.3 cm³/mol. The van der Waals surface area contributed by atoms with Gasteiger partial charge in [0, 0.05) is 9.37 Å². The van der Waals surface area contributed by atoms with Crippen molar-refractivity contribution >= 4 is 45.6 Å². The van der Waals surface area contributed by atoms with E-state index in [1.165, 1.54) is 17.8 Å². The highest BCUT2D eigenvalue weighted by Crippen LogP contribution is 2.28. The smallest absolute Gasteiger partial charge is 0.336 e. The van der Waals surface area contributed by atoms with Gasteiger partial charge in [-0.25, -0.2) is 4.79 Å². The number of hydrogen-bond acceptors (Lipinski definition) is 7. The van der Waals surface area contributed by atoms with Gasteiger partial charge >= 0.3 is 5.97 Å². The molecule has 1 aromatic carbocycles. The first-order valence-corrected chi connectivity index (χ1v) is 7.15. The second kappa shape index (κ2) is 6.06. The fourth-order valence-electron chi connectivity index (χ4n) is 1.46. The number of nitrogens with two attached hydrogens (primary N) is 2. The summed E-state index contributed by atoms with van der Waals surface area (Å²) in [7, 11) is 0. The van der Waals surface area contributed by atoms with Crippen molar-refractivity contribution in [2.75, 3.05) is 11.5 Å². The number of aromatic carboxylic acids is 1. The SMILES string of the molecule is Nc1nc(N)nc(CSc2cc(Br)ccc2C(=O)O)n1. The maximum atomic E-state index is 11.1. The van der Waals surface area contributed by atoms with E-state index in [-0.39, 0.29) is 17.5 Å². The highest BCUT2D eigenvalue weighted by atomic mass is 79.9. The summed E-state index contributed by atoms with van der Waals surface area (Å²) in [6, 6.07) is 4.93. The molecule has 104 valence electrons. The molecule has 2 aromatic rings. The lowest BCUT2D eigenvalue weighted by Gasteiger charge is -2.06. The minimum atomic E-state index is -0.991. The molecule has 0 amide bonds. The molecule has 0 spiro atoms. The zero-order valence-electron chi connectivity index (χ0n) is 10.1. The number of anilines is 2. The lowest BCUT2D eigenvalue weighted by atomic mass is 10.2. The molecule has 0 saturated heterocycles. The standard InChI is InChI=1S/C11H10BrN5O2S/c12-5-1-2-6(9(18)19)7(3-5)20-4-8-15-10(13)17-11(14)16-8/h1-3H,4H2,(H,18,19)(H4,13,14,15,16,17). The van der Waals surface area contributed by atoms with Gasteiger partial charge in [0.1, 0.15) is 5.82 Å². The van der Waals surface area contributed by atoms with E-state index in [1.807, 2.05) is 0 Å². The van der Waals surface area contributed by atoms with Crippen molar-refractivity contribution in [3.63, 3.8) is 0 Å². The van der Waals surface area contributed by atoms with Crippen LogP contribution in [0.5, 0.6) is 0 Å². The quantitative estimate of drug-likeness (QED) is 0.708. The normalized spacial score (nSPS) is 10.4. The summed E-state index contributed by atoms with van der Waals surface area (Å²) in [5.74, 6) is -0.166. The van der Waals surface area contributed by atoms with E-state index < -0.39 is 5.97 Å². The molecule has 0 fully saturated rings. The summed E-state index contributed by atoms with van der Waals surface area (Å²) < 4.78 is 0.791. The molecule has 0 radical (unpaired) electrons. The second-order valence-electron chi connectivity index (χ2n) is 3.70. The largest absolute Gasteiger partial charge is 0.478 e. The van der Waals surface area contributed by atoms with Crippen molar-refractivity contribution in [1.29, 1.82) is 0 Å². The van der Waals surface area contributed by atoms with Crippen LogP contribution in [0.3, 0.4) is 0 Å². The van der Waals surface area contributed by atoms with Crippen LogP contribution < -0.4 is 11.5 Å². The van der Waals surface area contributed by atoms with E-state index >= 15 is 0 Å². The fraction of sp³-hybridized carbons (Fsp3) is 0.0909. The average Bonchev–Trinajstić information content (AvgIpc) is 2.35. The summed E-state index contributed by atoms with van der Waals surface area (Å²) in [4.78, 5) is 23.3. The first-order valence-electron chi connectivity index (χ1n) is 5.37. The van der Waals surface area contributed by atoms with Crippen molar-refractivity contribution in [3.8, 4) is 0 Å². The van der Waals surface area contributed by atoms with Crippen LogP contribution in [0.4, 0.5) is 11.9 Å². The Bertz CT molecular complexity index is 647. The third-order valence-corrected chi connectivity index (χ3v) is 3.79. The van der Waals surface area contributed by atoms with E-state index in [2.05, 4.69) is 30.9 Å². The Kier molecular flexibility index (Phi) is 4.40.